The third-order valence-electron chi connectivity index (χ3n) is 5.83. The van der Waals surface area contributed by atoms with E-state index in [0.29, 0.717) is 0 Å². The Hall–Kier alpha value is -1.92. The number of hydrogen-bond acceptors (Lipinski definition) is 10. The highest BCUT2D eigenvalue weighted by Crippen LogP contribution is 2.20. The first-order valence-corrected chi connectivity index (χ1v) is 19.3. The zero-order valence-electron chi connectivity index (χ0n) is 23.6. The Balaban J connectivity index is 2.23. The summed E-state index contributed by atoms with van der Waals surface area (Å²) in [6, 6.07) is 12.5. The van der Waals surface area contributed by atoms with Crippen molar-refractivity contribution in [1.82, 2.24) is 8.61 Å². The molecule has 0 saturated carbocycles. The molecule has 232 valence electrons. The fraction of sp³-hybridized carbons (Fsp3) is 0.520. The molecule has 12 nitrogen and oxygen atoms in total. The van der Waals surface area contributed by atoms with Gasteiger partial charge in [-0.15, -0.1) is 0 Å². The molecule has 0 saturated heterocycles. The third kappa shape index (κ3) is 12.1. The zero-order chi connectivity index (χ0) is 30.9. The first kappa shape index (κ1) is 35.3. The van der Waals surface area contributed by atoms with E-state index in [1.54, 1.807) is 24.3 Å². The van der Waals surface area contributed by atoms with Crippen molar-refractivity contribution < 1.29 is 42.0 Å². The van der Waals surface area contributed by atoms with Gasteiger partial charge in [0.15, 0.2) is 0 Å². The summed E-state index contributed by atoms with van der Waals surface area (Å²) in [5.74, 6) is 0. The normalized spacial score (nSPS) is 13.2. The smallest absolute Gasteiger partial charge is 0.264 e. The molecule has 0 heterocycles. The van der Waals surface area contributed by atoms with Crippen LogP contribution in [0, 0.1) is 13.8 Å². The molecule has 0 aliphatic heterocycles. The molecule has 0 N–H and O–H groups in total. The Morgan fingerprint density at radius 1 is 0.512 bits per heavy atom. The molecule has 16 heteroatoms. The van der Waals surface area contributed by atoms with Crippen LogP contribution in [0.1, 0.15) is 30.4 Å². The first-order valence-electron chi connectivity index (χ1n) is 12.7. The van der Waals surface area contributed by atoms with Gasteiger partial charge in [-0.25, -0.2) is 16.8 Å². The van der Waals surface area contributed by atoms with Crippen molar-refractivity contribution in [3.8, 4) is 0 Å². The lowest BCUT2D eigenvalue weighted by atomic mass is 10.2. The summed E-state index contributed by atoms with van der Waals surface area (Å²) in [7, 11) is -15.4. The molecule has 0 bridgehead atoms. The number of rotatable bonds is 18. The minimum atomic E-state index is -3.99. The van der Waals surface area contributed by atoms with Gasteiger partial charge in [0.25, 0.3) is 20.2 Å². The summed E-state index contributed by atoms with van der Waals surface area (Å²) < 4.78 is 111. The van der Waals surface area contributed by atoms with Crippen LogP contribution in [-0.4, -0.2) is 94.2 Å². The zero-order valence-corrected chi connectivity index (χ0v) is 26.9. The molecule has 0 unspecified atom stereocenters. The van der Waals surface area contributed by atoms with Crippen LogP contribution < -0.4 is 0 Å². The number of benzene rings is 2. The molecular formula is C25H38N2O10S4. The molecule has 2 rings (SSSR count). The van der Waals surface area contributed by atoms with Gasteiger partial charge in [-0.3, -0.25) is 8.37 Å². The summed E-state index contributed by atoms with van der Waals surface area (Å²) in [4.78, 5) is 0.100. The predicted octanol–water partition coefficient (Wildman–Crippen LogP) is 2.11. The van der Waals surface area contributed by atoms with Gasteiger partial charge in [0.05, 0.1) is 35.5 Å². The Bertz CT molecular complexity index is 1440. The minimum absolute atomic E-state index is 0.0502. The monoisotopic (exact) mass is 654 g/mol. The van der Waals surface area contributed by atoms with Crippen LogP contribution in [0.5, 0.6) is 0 Å². The standard InChI is InChI=1S/C25H38N2O10S4/c1-22-8-12-24(13-9-22)40(32,33)26(18-6-20-36-38(3,28)29)16-5-17-27(19-7-21-37-39(4,30)31)41(34,35)25-14-10-23(2)11-15-25/h8-15H,5-7,16-21H2,1-4H3. The summed E-state index contributed by atoms with van der Waals surface area (Å²) in [6.07, 6.45) is 2.09. The van der Waals surface area contributed by atoms with Crippen LogP contribution in [0.25, 0.3) is 0 Å². The molecule has 0 aliphatic carbocycles. The van der Waals surface area contributed by atoms with Gasteiger partial charge in [-0.05, 0) is 57.4 Å². The second kappa shape index (κ2) is 15.0. The third-order valence-corrected chi connectivity index (χ3v) is 10.8. The van der Waals surface area contributed by atoms with Crippen molar-refractivity contribution in [3.05, 3.63) is 59.7 Å². The van der Waals surface area contributed by atoms with Crippen molar-refractivity contribution in [2.45, 2.75) is 42.9 Å². The lowest BCUT2D eigenvalue weighted by Crippen LogP contribution is -2.38. The van der Waals surface area contributed by atoms with Gasteiger partial charge in [0, 0.05) is 26.2 Å². The minimum Gasteiger partial charge on any atom is -0.270 e. The fourth-order valence-corrected chi connectivity index (χ4v) is 7.62. The van der Waals surface area contributed by atoms with Crippen LogP contribution in [0.15, 0.2) is 58.3 Å². The Morgan fingerprint density at radius 3 is 1.10 bits per heavy atom. The maximum absolute atomic E-state index is 13.4. The van der Waals surface area contributed by atoms with Crippen molar-refractivity contribution in [1.29, 1.82) is 0 Å². The van der Waals surface area contributed by atoms with Crippen LogP contribution in [0.4, 0.5) is 0 Å². The summed E-state index contributed by atoms with van der Waals surface area (Å²) >= 11 is 0. The summed E-state index contributed by atoms with van der Waals surface area (Å²) in [6.45, 7) is 2.97. The van der Waals surface area contributed by atoms with E-state index >= 15 is 0 Å². The Kier molecular flexibility index (Phi) is 12.9. The van der Waals surface area contributed by atoms with Crippen molar-refractivity contribution in [2.24, 2.45) is 0 Å². The van der Waals surface area contributed by atoms with Crippen LogP contribution >= 0.6 is 0 Å². The molecule has 0 radical (unpaired) electrons. The van der Waals surface area contributed by atoms with E-state index in [1.807, 2.05) is 13.8 Å². The van der Waals surface area contributed by atoms with E-state index < -0.39 is 40.3 Å². The maximum atomic E-state index is 13.4. The van der Waals surface area contributed by atoms with E-state index in [1.165, 1.54) is 32.9 Å². The molecule has 0 aromatic heterocycles. The van der Waals surface area contributed by atoms with Crippen LogP contribution in [0.2, 0.25) is 0 Å². The average molecular weight is 655 g/mol. The Labute approximate surface area is 244 Å². The SMILES string of the molecule is Cc1ccc(S(=O)(=O)N(CCCOS(C)(=O)=O)CCCN(CCCOS(C)(=O)=O)S(=O)(=O)c2ccc(C)cc2)cc1. The molecule has 0 spiro atoms. The highest BCUT2D eigenvalue weighted by atomic mass is 32.2. The largest absolute Gasteiger partial charge is 0.270 e. The number of sulfonamides is 2. The van der Waals surface area contributed by atoms with E-state index in [0.717, 1.165) is 23.6 Å². The quantitative estimate of drug-likeness (QED) is 0.172. The van der Waals surface area contributed by atoms with Gasteiger partial charge >= 0.3 is 0 Å². The molecule has 0 atom stereocenters. The highest BCUT2D eigenvalue weighted by Gasteiger charge is 2.27. The van der Waals surface area contributed by atoms with Crippen molar-refractivity contribution in [2.75, 3.05) is 51.9 Å². The van der Waals surface area contributed by atoms with E-state index in [-0.39, 0.29) is 68.4 Å². The molecule has 2 aromatic carbocycles. The lowest BCUT2D eigenvalue weighted by molar-refractivity contribution is 0.282. The molecular weight excluding hydrogens is 617 g/mol. The summed E-state index contributed by atoms with van der Waals surface area (Å²) in [5.41, 5.74) is 1.74. The molecule has 41 heavy (non-hydrogen) atoms. The van der Waals surface area contributed by atoms with Crippen LogP contribution in [-0.2, 0) is 48.6 Å². The number of hydrogen-bond donors (Lipinski definition) is 0. The highest BCUT2D eigenvalue weighted by molar-refractivity contribution is 7.89. The maximum Gasteiger partial charge on any atom is 0.264 e. The fourth-order valence-electron chi connectivity index (χ4n) is 3.75. The molecule has 2 aromatic rings. The second-order valence-corrected chi connectivity index (χ2v) is 16.7. The molecule has 0 fully saturated rings. The van der Waals surface area contributed by atoms with Gasteiger partial charge in [-0.2, -0.15) is 25.4 Å². The van der Waals surface area contributed by atoms with E-state index in [2.05, 4.69) is 0 Å². The predicted molar refractivity (Wildman–Crippen MR) is 155 cm³/mol. The van der Waals surface area contributed by atoms with Crippen LogP contribution in [0.3, 0.4) is 0 Å². The van der Waals surface area contributed by atoms with Crippen molar-refractivity contribution >= 4 is 40.3 Å². The summed E-state index contributed by atoms with van der Waals surface area (Å²) in [5, 5.41) is 0. The Morgan fingerprint density at radius 2 is 0.805 bits per heavy atom. The van der Waals surface area contributed by atoms with Gasteiger partial charge in [-0.1, -0.05) is 35.4 Å². The van der Waals surface area contributed by atoms with E-state index in [9.17, 15) is 33.7 Å². The lowest BCUT2D eigenvalue weighted by Gasteiger charge is -2.25. The molecule has 0 amide bonds. The van der Waals surface area contributed by atoms with Crippen molar-refractivity contribution in [3.63, 3.8) is 0 Å². The topological polar surface area (TPSA) is 161 Å². The molecule has 0 aliphatic rings. The average Bonchev–Trinajstić information content (AvgIpc) is 2.85. The van der Waals surface area contributed by atoms with Gasteiger partial charge < -0.3 is 0 Å². The number of nitrogens with zero attached hydrogens (tertiary/aromatic N) is 2. The van der Waals surface area contributed by atoms with Gasteiger partial charge in [0.2, 0.25) is 20.0 Å². The first-order chi connectivity index (χ1) is 18.9. The van der Waals surface area contributed by atoms with Gasteiger partial charge in [0.1, 0.15) is 0 Å². The number of aryl methyl sites for hydroxylation is 2. The van der Waals surface area contributed by atoms with E-state index in [4.69, 9.17) is 8.37 Å². The second-order valence-electron chi connectivity index (χ2n) is 9.55.